The molecule has 0 N–H and O–H groups in total. The summed E-state index contributed by atoms with van der Waals surface area (Å²) in [6, 6.07) is 3.61. The van der Waals surface area contributed by atoms with Crippen molar-refractivity contribution in [2.75, 3.05) is 0 Å². The molecule has 2 aromatic heterocycles. The fourth-order valence-electron chi connectivity index (χ4n) is 1.63. The van der Waals surface area contributed by atoms with Gasteiger partial charge >= 0.3 is 12.4 Å². The summed E-state index contributed by atoms with van der Waals surface area (Å²) in [6.45, 7) is 0. The number of fused-ring (bicyclic) bond motifs is 1. The Morgan fingerprint density at radius 3 is 2.06 bits per heavy atom. The molecule has 0 spiro atoms. The second kappa shape index (κ2) is 3.41. The molecule has 7 heteroatoms. The maximum atomic E-state index is 12.6. The van der Waals surface area contributed by atoms with Crippen LogP contribution in [0.4, 0.5) is 26.3 Å². The predicted molar refractivity (Wildman–Crippen MR) is 47.4 cm³/mol. The van der Waals surface area contributed by atoms with Crippen LogP contribution in [0.3, 0.4) is 0 Å². The van der Waals surface area contributed by atoms with Gasteiger partial charge in [0.15, 0.2) is 0 Å². The highest BCUT2D eigenvalue weighted by molar-refractivity contribution is 5.61. The molecular formula is C10H5F6N. The van der Waals surface area contributed by atoms with Crippen molar-refractivity contribution in [3.63, 3.8) is 0 Å². The monoisotopic (exact) mass is 253 g/mol. The minimum Gasteiger partial charge on any atom is -0.323 e. The molecule has 0 aliphatic heterocycles. The lowest BCUT2D eigenvalue weighted by Gasteiger charge is -2.10. The van der Waals surface area contributed by atoms with Crippen LogP contribution < -0.4 is 0 Å². The van der Waals surface area contributed by atoms with Crippen LogP contribution in [0.1, 0.15) is 11.1 Å². The van der Waals surface area contributed by atoms with E-state index in [1.807, 2.05) is 0 Å². The van der Waals surface area contributed by atoms with Gasteiger partial charge in [0.25, 0.3) is 0 Å². The molecule has 0 aliphatic carbocycles. The molecular weight excluding hydrogens is 248 g/mol. The third-order valence-corrected chi connectivity index (χ3v) is 2.27. The lowest BCUT2D eigenvalue weighted by molar-refractivity contribution is -0.160. The van der Waals surface area contributed by atoms with Gasteiger partial charge in [0.1, 0.15) is 0 Å². The SMILES string of the molecule is FC(F)(F)c1cn2ccccc2c1C(F)(F)F. The van der Waals surface area contributed by atoms with E-state index < -0.39 is 29.0 Å². The summed E-state index contributed by atoms with van der Waals surface area (Å²) in [5, 5.41) is 0. The first-order chi connectivity index (χ1) is 7.71. The van der Waals surface area contributed by atoms with E-state index in [4.69, 9.17) is 0 Å². The van der Waals surface area contributed by atoms with Crippen molar-refractivity contribution in [3.05, 3.63) is 41.7 Å². The van der Waals surface area contributed by atoms with Gasteiger partial charge in [-0.1, -0.05) is 6.07 Å². The number of alkyl halides is 6. The average Bonchev–Trinajstić information content (AvgIpc) is 2.54. The van der Waals surface area contributed by atoms with Crippen molar-refractivity contribution in [1.82, 2.24) is 4.40 Å². The molecule has 0 saturated heterocycles. The first kappa shape index (κ1) is 11.8. The van der Waals surface area contributed by atoms with Crippen molar-refractivity contribution in [2.45, 2.75) is 12.4 Å². The van der Waals surface area contributed by atoms with E-state index in [1.54, 1.807) is 0 Å². The third kappa shape index (κ3) is 1.96. The van der Waals surface area contributed by atoms with E-state index in [0.29, 0.717) is 6.20 Å². The van der Waals surface area contributed by atoms with E-state index in [1.165, 1.54) is 12.1 Å². The molecule has 0 atom stereocenters. The van der Waals surface area contributed by atoms with Crippen LogP contribution in [0.15, 0.2) is 30.6 Å². The average molecular weight is 253 g/mol. The fourth-order valence-corrected chi connectivity index (χ4v) is 1.63. The van der Waals surface area contributed by atoms with Crippen molar-refractivity contribution in [2.24, 2.45) is 0 Å². The number of aromatic nitrogens is 1. The Labute approximate surface area is 91.3 Å². The normalized spacial score (nSPS) is 13.3. The van der Waals surface area contributed by atoms with Gasteiger partial charge in [0, 0.05) is 12.4 Å². The zero-order valence-electron chi connectivity index (χ0n) is 8.10. The summed E-state index contributed by atoms with van der Waals surface area (Å²) in [5.41, 5.74) is -3.82. The van der Waals surface area contributed by atoms with Crippen molar-refractivity contribution < 1.29 is 26.3 Å². The van der Waals surface area contributed by atoms with Gasteiger partial charge in [-0.25, -0.2) is 0 Å². The van der Waals surface area contributed by atoms with Crippen LogP contribution in [0.2, 0.25) is 0 Å². The molecule has 0 aromatic carbocycles. The summed E-state index contributed by atoms with van der Waals surface area (Å²) in [4.78, 5) is 0. The number of hydrogen-bond donors (Lipinski definition) is 0. The summed E-state index contributed by atoms with van der Waals surface area (Å²) >= 11 is 0. The van der Waals surface area contributed by atoms with Gasteiger partial charge in [0.05, 0.1) is 16.6 Å². The molecule has 0 unspecified atom stereocenters. The third-order valence-electron chi connectivity index (χ3n) is 2.27. The zero-order chi connectivity index (χ0) is 12.8. The molecule has 0 saturated carbocycles. The number of hydrogen-bond acceptors (Lipinski definition) is 0. The van der Waals surface area contributed by atoms with E-state index in [9.17, 15) is 26.3 Å². The summed E-state index contributed by atoms with van der Waals surface area (Å²) in [7, 11) is 0. The van der Waals surface area contributed by atoms with Crippen molar-refractivity contribution in [3.8, 4) is 0 Å². The van der Waals surface area contributed by atoms with E-state index in [0.717, 1.165) is 16.7 Å². The fraction of sp³-hybridized carbons (Fsp3) is 0.200. The van der Waals surface area contributed by atoms with Gasteiger partial charge in [-0.3, -0.25) is 0 Å². The van der Waals surface area contributed by atoms with E-state index in [2.05, 4.69) is 0 Å². The van der Waals surface area contributed by atoms with Crippen LogP contribution in [-0.4, -0.2) is 4.40 Å². The first-order valence-corrected chi connectivity index (χ1v) is 4.45. The lowest BCUT2D eigenvalue weighted by Crippen LogP contribution is -2.14. The smallest absolute Gasteiger partial charge is 0.323 e. The molecule has 92 valence electrons. The molecule has 0 fully saturated rings. The van der Waals surface area contributed by atoms with Crippen LogP contribution in [0.25, 0.3) is 5.52 Å². The van der Waals surface area contributed by atoms with Crippen LogP contribution in [0, 0.1) is 0 Å². The van der Waals surface area contributed by atoms with Crippen molar-refractivity contribution in [1.29, 1.82) is 0 Å². The van der Waals surface area contributed by atoms with E-state index >= 15 is 0 Å². The van der Waals surface area contributed by atoms with E-state index in [-0.39, 0.29) is 0 Å². The molecule has 2 aromatic rings. The highest BCUT2D eigenvalue weighted by Gasteiger charge is 2.45. The number of nitrogens with zero attached hydrogens (tertiary/aromatic N) is 1. The highest BCUT2D eigenvalue weighted by Crippen LogP contribution is 2.43. The Hall–Kier alpha value is -1.66. The van der Waals surface area contributed by atoms with Crippen LogP contribution in [0.5, 0.6) is 0 Å². The van der Waals surface area contributed by atoms with Crippen LogP contribution in [-0.2, 0) is 12.4 Å². The van der Waals surface area contributed by atoms with Crippen molar-refractivity contribution >= 4 is 5.52 Å². The summed E-state index contributed by atoms with van der Waals surface area (Å²) < 4.78 is 76.2. The lowest BCUT2D eigenvalue weighted by atomic mass is 10.1. The minimum absolute atomic E-state index is 0.443. The Morgan fingerprint density at radius 2 is 1.53 bits per heavy atom. The van der Waals surface area contributed by atoms with Gasteiger partial charge in [-0.15, -0.1) is 0 Å². The Balaban J connectivity index is 2.84. The summed E-state index contributed by atoms with van der Waals surface area (Å²) in [5.74, 6) is 0. The van der Waals surface area contributed by atoms with Gasteiger partial charge < -0.3 is 4.40 Å². The predicted octanol–water partition coefficient (Wildman–Crippen LogP) is 3.98. The molecule has 0 radical (unpaired) electrons. The Morgan fingerprint density at radius 1 is 0.882 bits per heavy atom. The highest BCUT2D eigenvalue weighted by atomic mass is 19.4. The minimum atomic E-state index is -5.04. The van der Waals surface area contributed by atoms with Crippen LogP contribution >= 0.6 is 0 Å². The molecule has 0 bridgehead atoms. The van der Waals surface area contributed by atoms with Gasteiger partial charge in [-0.2, -0.15) is 26.3 Å². The molecule has 2 rings (SSSR count). The van der Waals surface area contributed by atoms with Gasteiger partial charge in [0.2, 0.25) is 0 Å². The second-order valence-electron chi connectivity index (χ2n) is 3.41. The largest absolute Gasteiger partial charge is 0.419 e. The quantitative estimate of drug-likeness (QED) is 0.625. The maximum Gasteiger partial charge on any atom is 0.419 e. The topological polar surface area (TPSA) is 4.41 Å². The molecule has 0 aliphatic rings. The molecule has 2 heterocycles. The van der Waals surface area contributed by atoms with Gasteiger partial charge in [-0.05, 0) is 12.1 Å². The zero-order valence-corrected chi connectivity index (χ0v) is 8.10. The second-order valence-corrected chi connectivity index (χ2v) is 3.41. The number of halogens is 6. The molecule has 0 amide bonds. The Bertz CT molecular complexity index is 548. The number of rotatable bonds is 0. The number of pyridine rings is 1. The Kier molecular flexibility index (Phi) is 2.37. The molecule has 17 heavy (non-hydrogen) atoms. The maximum absolute atomic E-state index is 12.6. The standard InChI is InChI=1S/C10H5F6N/c11-9(12,13)6-5-17-4-2-1-3-7(17)8(6)10(14,15)16/h1-5H. The first-order valence-electron chi connectivity index (χ1n) is 4.45. The summed E-state index contributed by atoms with van der Waals surface area (Å²) in [6.07, 6.45) is -8.49. The molecule has 1 nitrogen and oxygen atoms in total.